The van der Waals surface area contributed by atoms with Gasteiger partial charge in [-0.3, -0.25) is 4.79 Å². The molecule has 2 aromatic rings. The number of anilines is 1. The standard InChI is InChI=1S/C23H30N4O/c1-4-20-17(3)24-21(19-10-5-7-16(2)15-19)25-22(20)26-11-13-27(14-12-26)23(28)18-8-6-9-18/h5,7,10,15,18H,4,6,8-9,11-14H2,1-3H3. The van der Waals surface area contributed by atoms with E-state index in [9.17, 15) is 4.79 Å². The lowest BCUT2D eigenvalue weighted by Gasteiger charge is -2.39. The van der Waals surface area contributed by atoms with E-state index in [1.165, 1.54) is 17.5 Å². The molecule has 0 N–H and O–H groups in total. The van der Waals surface area contributed by atoms with Gasteiger partial charge < -0.3 is 9.80 Å². The van der Waals surface area contributed by atoms with Crippen LogP contribution in [0.15, 0.2) is 24.3 Å². The zero-order valence-corrected chi connectivity index (χ0v) is 17.2. The minimum atomic E-state index is 0.284. The van der Waals surface area contributed by atoms with Crippen LogP contribution >= 0.6 is 0 Å². The molecule has 2 heterocycles. The van der Waals surface area contributed by atoms with Gasteiger partial charge in [0.15, 0.2) is 5.82 Å². The summed E-state index contributed by atoms with van der Waals surface area (Å²) in [5.74, 6) is 2.48. The summed E-state index contributed by atoms with van der Waals surface area (Å²) in [7, 11) is 0. The Morgan fingerprint density at radius 2 is 1.86 bits per heavy atom. The van der Waals surface area contributed by atoms with Crippen molar-refractivity contribution < 1.29 is 4.79 Å². The van der Waals surface area contributed by atoms with Crippen LogP contribution in [0.2, 0.25) is 0 Å². The lowest BCUT2D eigenvalue weighted by atomic mass is 9.84. The number of amides is 1. The third-order valence-corrected chi connectivity index (χ3v) is 6.17. The molecule has 2 fully saturated rings. The van der Waals surface area contributed by atoms with E-state index in [1.54, 1.807) is 0 Å². The van der Waals surface area contributed by atoms with Crippen LogP contribution in [-0.4, -0.2) is 47.0 Å². The molecule has 28 heavy (non-hydrogen) atoms. The molecule has 5 heteroatoms. The lowest BCUT2D eigenvalue weighted by Crippen LogP contribution is -2.51. The first kappa shape index (κ1) is 18.9. The van der Waals surface area contributed by atoms with Crippen molar-refractivity contribution in [3.05, 3.63) is 41.1 Å². The average Bonchev–Trinajstić information content (AvgIpc) is 2.66. The zero-order chi connectivity index (χ0) is 19.7. The number of aryl methyl sites for hydroxylation is 2. The first-order chi connectivity index (χ1) is 13.6. The van der Waals surface area contributed by atoms with Gasteiger partial charge in [-0.25, -0.2) is 9.97 Å². The van der Waals surface area contributed by atoms with E-state index in [1.807, 2.05) is 0 Å². The molecule has 4 rings (SSSR count). The first-order valence-electron chi connectivity index (χ1n) is 10.5. The van der Waals surface area contributed by atoms with Crippen LogP contribution in [0.25, 0.3) is 11.4 Å². The number of carbonyl (C=O) groups excluding carboxylic acids is 1. The van der Waals surface area contributed by atoms with Crippen molar-refractivity contribution in [2.75, 3.05) is 31.1 Å². The van der Waals surface area contributed by atoms with Crippen LogP contribution in [-0.2, 0) is 11.2 Å². The van der Waals surface area contributed by atoms with Crippen molar-refractivity contribution in [2.45, 2.75) is 46.5 Å². The molecule has 1 amide bonds. The average molecular weight is 379 g/mol. The number of carbonyl (C=O) groups is 1. The van der Waals surface area contributed by atoms with E-state index >= 15 is 0 Å². The number of piperazine rings is 1. The van der Waals surface area contributed by atoms with Gasteiger partial charge in [-0.1, -0.05) is 37.1 Å². The summed E-state index contributed by atoms with van der Waals surface area (Å²) >= 11 is 0. The molecular formula is C23H30N4O. The van der Waals surface area contributed by atoms with Crippen molar-refractivity contribution in [1.82, 2.24) is 14.9 Å². The molecule has 1 aliphatic carbocycles. The van der Waals surface area contributed by atoms with Crippen LogP contribution < -0.4 is 4.90 Å². The monoisotopic (exact) mass is 378 g/mol. The number of benzene rings is 1. The third-order valence-electron chi connectivity index (χ3n) is 6.17. The summed E-state index contributed by atoms with van der Waals surface area (Å²) in [5.41, 5.74) is 4.54. The number of nitrogens with zero attached hydrogens (tertiary/aromatic N) is 4. The van der Waals surface area contributed by atoms with E-state index in [2.05, 4.69) is 54.8 Å². The van der Waals surface area contributed by atoms with E-state index in [0.29, 0.717) is 5.91 Å². The number of aromatic nitrogens is 2. The molecular weight excluding hydrogens is 348 g/mol. The normalized spacial score (nSPS) is 17.5. The second kappa shape index (κ2) is 7.90. The maximum atomic E-state index is 12.6. The number of hydrogen-bond acceptors (Lipinski definition) is 4. The second-order valence-electron chi connectivity index (χ2n) is 8.10. The minimum Gasteiger partial charge on any atom is -0.353 e. The van der Waals surface area contributed by atoms with Gasteiger partial charge in [0.05, 0.1) is 0 Å². The van der Waals surface area contributed by atoms with Crippen LogP contribution in [0.3, 0.4) is 0 Å². The SMILES string of the molecule is CCc1c(C)nc(-c2cccc(C)c2)nc1N1CCN(C(=O)C2CCC2)CC1. The zero-order valence-electron chi connectivity index (χ0n) is 17.2. The largest absolute Gasteiger partial charge is 0.353 e. The Balaban J connectivity index is 1.57. The molecule has 0 bridgehead atoms. The van der Waals surface area contributed by atoms with Gasteiger partial charge in [0.25, 0.3) is 0 Å². The summed E-state index contributed by atoms with van der Waals surface area (Å²) < 4.78 is 0. The topological polar surface area (TPSA) is 49.3 Å². The fourth-order valence-electron chi connectivity index (χ4n) is 4.22. The van der Waals surface area contributed by atoms with Gasteiger partial charge in [-0.15, -0.1) is 0 Å². The van der Waals surface area contributed by atoms with E-state index in [-0.39, 0.29) is 5.92 Å². The molecule has 1 saturated heterocycles. The predicted molar refractivity (Wildman–Crippen MR) is 112 cm³/mol. The van der Waals surface area contributed by atoms with Crippen LogP contribution in [0, 0.1) is 19.8 Å². The molecule has 0 radical (unpaired) electrons. The Morgan fingerprint density at radius 3 is 2.46 bits per heavy atom. The number of hydrogen-bond donors (Lipinski definition) is 0. The number of rotatable bonds is 4. The fraction of sp³-hybridized carbons (Fsp3) is 0.522. The van der Waals surface area contributed by atoms with Gasteiger partial charge in [-0.2, -0.15) is 0 Å². The second-order valence-corrected chi connectivity index (χ2v) is 8.10. The quantitative estimate of drug-likeness (QED) is 0.813. The van der Waals surface area contributed by atoms with Crippen molar-refractivity contribution in [1.29, 1.82) is 0 Å². The highest BCUT2D eigenvalue weighted by Crippen LogP contribution is 2.30. The molecule has 0 atom stereocenters. The van der Waals surface area contributed by atoms with Gasteiger partial charge in [0, 0.05) is 48.9 Å². The molecule has 2 aliphatic rings. The molecule has 5 nitrogen and oxygen atoms in total. The fourth-order valence-corrected chi connectivity index (χ4v) is 4.22. The van der Waals surface area contributed by atoms with Gasteiger partial charge >= 0.3 is 0 Å². The predicted octanol–water partition coefficient (Wildman–Crippen LogP) is 3.77. The van der Waals surface area contributed by atoms with Gasteiger partial charge in [-0.05, 0) is 39.2 Å². The molecule has 1 aromatic carbocycles. The van der Waals surface area contributed by atoms with E-state index < -0.39 is 0 Å². The van der Waals surface area contributed by atoms with E-state index in [4.69, 9.17) is 9.97 Å². The Morgan fingerprint density at radius 1 is 1.11 bits per heavy atom. The molecule has 0 spiro atoms. The molecule has 148 valence electrons. The Labute approximate surface area is 167 Å². The van der Waals surface area contributed by atoms with Crippen LogP contribution in [0.1, 0.15) is 43.0 Å². The highest BCUT2D eigenvalue weighted by molar-refractivity contribution is 5.80. The smallest absolute Gasteiger partial charge is 0.225 e. The highest BCUT2D eigenvalue weighted by Gasteiger charge is 2.32. The van der Waals surface area contributed by atoms with Gasteiger partial charge in [0.2, 0.25) is 5.91 Å². The van der Waals surface area contributed by atoms with Crippen LogP contribution in [0.4, 0.5) is 5.82 Å². The molecule has 0 unspecified atom stereocenters. The highest BCUT2D eigenvalue weighted by atomic mass is 16.2. The summed E-state index contributed by atoms with van der Waals surface area (Å²) in [5, 5.41) is 0. The van der Waals surface area contributed by atoms with Crippen molar-refractivity contribution in [2.24, 2.45) is 5.92 Å². The summed E-state index contributed by atoms with van der Waals surface area (Å²) in [6, 6.07) is 8.36. The Hall–Kier alpha value is -2.43. The van der Waals surface area contributed by atoms with E-state index in [0.717, 1.165) is 68.3 Å². The maximum Gasteiger partial charge on any atom is 0.225 e. The lowest BCUT2D eigenvalue weighted by molar-refractivity contribution is -0.138. The van der Waals surface area contributed by atoms with Gasteiger partial charge in [0.1, 0.15) is 5.82 Å². The minimum absolute atomic E-state index is 0.284. The summed E-state index contributed by atoms with van der Waals surface area (Å²) in [6.45, 7) is 9.61. The summed E-state index contributed by atoms with van der Waals surface area (Å²) in [4.78, 5) is 26.7. The Bertz CT molecular complexity index is 867. The third kappa shape index (κ3) is 3.62. The molecule has 1 saturated carbocycles. The summed E-state index contributed by atoms with van der Waals surface area (Å²) in [6.07, 6.45) is 4.27. The maximum absolute atomic E-state index is 12.6. The molecule has 1 aliphatic heterocycles. The van der Waals surface area contributed by atoms with Crippen molar-refractivity contribution in [3.8, 4) is 11.4 Å². The molecule has 1 aromatic heterocycles. The van der Waals surface area contributed by atoms with Crippen molar-refractivity contribution in [3.63, 3.8) is 0 Å². The van der Waals surface area contributed by atoms with Crippen molar-refractivity contribution >= 4 is 11.7 Å². The van der Waals surface area contributed by atoms with Crippen LogP contribution in [0.5, 0.6) is 0 Å². The Kier molecular flexibility index (Phi) is 5.33. The first-order valence-corrected chi connectivity index (χ1v) is 10.5.